The van der Waals surface area contributed by atoms with E-state index in [-0.39, 0.29) is 11.8 Å². The number of nitrogens with one attached hydrogen (secondary N) is 1. The van der Waals surface area contributed by atoms with E-state index in [2.05, 4.69) is 15.3 Å². The van der Waals surface area contributed by atoms with Crippen molar-refractivity contribution in [3.05, 3.63) is 42.6 Å². The number of hydrogen-bond donors (Lipinski definition) is 1. The molecule has 1 aromatic heterocycles. The van der Waals surface area contributed by atoms with Crippen LogP contribution in [0.25, 0.3) is 11.3 Å². The van der Waals surface area contributed by atoms with Gasteiger partial charge in [-0.1, -0.05) is 49.6 Å². The Morgan fingerprint density at radius 2 is 1.81 bits per heavy atom. The number of rotatable bonds is 3. The summed E-state index contributed by atoms with van der Waals surface area (Å²) in [6, 6.07) is 11.8. The summed E-state index contributed by atoms with van der Waals surface area (Å²) in [7, 11) is 0. The number of aromatic nitrogens is 2. The lowest BCUT2D eigenvalue weighted by Crippen LogP contribution is -2.25. The van der Waals surface area contributed by atoms with Gasteiger partial charge in [0.2, 0.25) is 11.9 Å². The molecule has 0 aliphatic heterocycles. The number of hydrogen-bond acceptors (Lipinski definition) is 3. The van der Waals surface area contributed by atoms with E-state index in [4.69, 9.17) is 0 Å². The van der Waals surface area contributed by atoms with Crippen molar-refractivity contribution in [2.24, 2.45) is 5.92 Å². The lowest BCUT2D eigenvalue weighted by atomic mass is 9.89. The smallest absolute Gasteiger partial charge is 0.229 e. The summed E-state index contributed by atoms with van der Waals surface area (Å²) in [5.74, 6) is 0.564. The van der Waals surface area contributed by atoms with Crippen molar-refractivity contribution in [3.63, 3.8) is 0 Å². The van der Waals surface area contributed by atoms with E-state index in [9.17, 15) is 4.79 Å². The van der Waals surface area contributed by atoms with Gasteiger partial charge in [-0.3, -0.25) is 10.1 Å². The lowest BCUT2D eigenvalue weighted by molar-refractivity contribution is -0.120. The predicted octanol–water partition coefficient (Wildman–Crippen LogP) is 3.66. The average molecular weight is 281 g/mol. The number of amides is 1. The Balaban J connectivity index is 1.73. The van der Waals surface area contributed by atoms with E-state index >= 15 is 0 Å². The highest BCUT2D eigenvalue weighted by atomic mass is 16.2. The minimum atomic E-state index is 0.0555. The predicted molar refractivity (Wildman–Crippen MR) is 82.7 cm³/mol. The molecular formula is C17H19N3O. The standard InChI is InChI=1S/C17H19N3O/c21-16(14-9-5-2-6-10-14)20-17-18-12-11-15(19-17)13-7-3-1-4-8-13/h1,3-4,7-8,11-12,14H,2,5-6,9-10H2,(H,18,19,20,21). The first-order valence-electron chi connectivity index (χ1n) is 7.52. The maximum atomic E-state index is 12.2. The van der Waals surface area contributed by atoms with E-state index in [1.807, 2.05) is 36.4 Å². The Bertz CT molecular complexity index is 606. The van der Waals surface area contributed by atoms with Gasteiger partial charge in [0.15, 0.2) is 0 Å². The van der Waals surface area contributed by atoms with E-state index < -0.39 is 0 Å². The van der Waals surface area contributed by atoms with E-state index in [0.29, 0.717) is 5.95 Å². The fourth-order valence-corrected chi connectivity index (χ4v) is 2.77. The van der Waals surface area contributed by atoms with Crippen LogP contribution < -0.4 is 5.32 Å². The van der Waals surface area contributed by atoms with Gasteiger partial charge in [-0.2, -0.15) is 0 Å². The normalized spacial score (nSPS) is 15.6. The molecule has 0 spiro atoms. The van der Waals surface area contributed by atoms with Crippen LogP contribution in [0.4, 0.5) is 5.95 Å². The monoisotopic (exact) mass is 281 g/mol. The number of benzene rings is 1. The molecule has 1 saturated carbocycles. The third-order valence-corrected chi connectivity index (χ3v) is 3.94. The molecule has 1 aromatic carbocycles. The summed E-state index contributed by atoms with van der Waals surface area (Å²) < 4.78 is 0. The molecule has 4 nitrogen and oxygen atoms in total. The van der Waals surface area contributed by atoms with Gasteiger partial charge in [0.1, 0.15) is 0 Å². The van der Waals surface area contributed by atoms with Crippen molar-refractivity contribution < 1.29 is 4.79 Å². The Morgan fingerprint density at radius 1 is 1.05 bits per heavy atom. The van der Waals surface area contributed by atoms with Gasteiger partial charge in [0.25, 0.3) is 0 Å². The van der Waals surface area contributed by atoms with E-state index in [0.717, 1.165) is 36.9 Å². The summed E-state index contributed by atoms with van der Waals surface area (Å²) in [4.78, 5) is 20.8. The largest absolute Gasteiger partial charge is 0.294 e. The topological polar surface area (TPSA) is 54.9 Å². The zero-order valence-corrected chi connectivity index (χ0v) is 12.0. The van der Waals surface area contributed by atoms with Crippen LogP contribution in [0, 0.1) is 5.92 Å². The highest BCUT2D eigenvalue weighted by molar-refractivity contribution is 5.91. The first-order valence-corrected chi connectivity index (χ1v) is 7.52. The summed E-state index contributed by atoms with van der Waals surface area (Å²) in [6.07, 6.45) is 7.16. The van der Waals surface area contributed by atoms with E-state index in [1.165, 1.54) is 6.42 Å². The van der Waals surface area contributed by atoms with Gasteiger partial charge in [-0.25, -0.2) is 9.97 Å². The molecule has 1 fully saturated rings. The van der Waals surface area contributed by atoms with Crippen molar-refractivity contribution in [2.45, 2.75) is 32.1 Å². The molecule has 0 bridgehead atoms. The van der Waals surface area contributed by atoms with E-state index in [1.54, 1.807) is 6.20 Å². The first-order chi connectivity index (χ1) is 10.3. The quantitative estimate of drug-likeness (QED) is 0.934. The number of carbonyl (C=O) groups is 1. The second kappa shape index (κ2) is 6.48. The SMILES string of the molecule is O=C(Nc1nccc(-c2ccccc2)n1)C1CCCCC1. The molecule has 21 heavy (non-hydrogen) atoms. The molecule has 1 aliphatic rings. The molecule has 2 aromatic rings. The Morgan fingerprint density at radius 3 is 2.57 bits per heavy atom. The third-order valence-electron chi connectivity index (χ3n) is 3.94. The summed E-state index contributed by atoms with van der Waals surface area (Å²) in [6.45, 7) is 0. The number of carbonyl (C=O) groups excluding carboxylic acids is 1. The number of nitrogens with zero attached hydrogens (tertiary/aromatic N) is 2. The van der Waals surface area contributed by atoms with Gasteiger partial charge in [0, 0.05) is 17.7 Å². The lowest BCUT2D eigenvalue weighted by Gasteiger charge is -2.20. The fourth-order valence-electron chi connectivity index (χ4n) is 2.77. The van der Waals surface area contributed by atoms with Gasteiger partial charge in [0.05, 0.1) is 5.69 Å². The second-order valence-electron chi connectivity index (χ2n) is 5.46. The van der Waals surface area contributed by atoms with Gasteiger partial charge in [-0.15, -0.1) is 0 Å². The molecule has 0 unspecified atom stereocenters. The summed E-state index contributed by atoms with van der Waals surface area (Å²) in [5, 5.41) is 2.86. The van der Waals surface area contributed by atoms with Crippen molar-refractivity contribution in [1.82, 2.24) is 9.97 Å². The molecular weight excluding hydrogens is 262 g/mol. The maximum Gasteiger partial charge on any atom is 0.229 e. The minimum Gasteiger partial charge on any atom is -0.294 e. The van der Waals surface area contributed by atoms with Crippen molar-refractivity contribution in [1.29, 1.82) is 0 Å². The molecule has 4 heteroatoms. The molecule has 0 radical (unpaired) electrons. The molecule has 1 amide bonds. The van der Waals surface area contributed by atoms with Crippen LogP contribution in [0.1, 0.15) is 32.1 Å². The molecule has 1 heterocycles. The van der Waals surface area contributed by atoms with Gasteiger partial charge in [-0.05, 0) is 18.9 Å². The van der Waals surface area contributed by atoms with Crippen LogP contribution in [-0.4, -0.2) is 15.9 Å². The zero-order valence-electron chi connectivity index (χ0n) is 12.0. The molecule has 3 rings (SSSR count). The molecule has 0 saturated heterocycles. The summed E-state index contributed by atoms with van der Waals surface area (Å²) in [5.41, 5.74) is 1.85. The van der Waals surface area contributed by atoms with Crippen LogP contribution in [-0.2, 0) is 4.79 Å². The number of anilines is 1. The Labute approximate surface area is 124 Å². The van der Waals surface area contributed by atoms with Crippen LogP contribution in [0.5, 0.6) is 0 Å². The minimum absolute atomic E-state index is 0.0555. The fraction of sp³-hybridized carbons (Fsp3) is 0.353. The van der Waals surface area contributed by atoms with Crippen LogP contribution >= 0.6 is 0 Å². The Kier molecular flexibility index (Phi) is 4.24. The van der Waals surface area contributed by atoms with Crippen molar-refractivity contribution in [2.75, 3.05) is 5.32 Å². The molecule has 0 atom stereocenters. The third kappa shape index (κ3) is 3.45. The van der Waals surface area contributed by atoms with Crippen LogP contribution in [0.3, 0.4) is 0 Å². The first kappa shape index (κ1) is 13.7. The van der Waals surface area contributed by atoms with Crippen molar-refractivity contribution >= 4 is 11.9 Å². The summed E-state index contributed by atoms with van der Waals surface area (Å²) >= 11 is 0. The van der Waals surface area contributed by atoms with Gasteiger partial charge >= 0.3 is 0 Å². The molecule has 1 aliphatic carbocycles. The maximum absolute atomic E-state index is 12.2. The van der Waals surface area contributed by atoms with Crippen LogP contribution in [0.15, 0.2) is 42.6 Å². The molecule has 108 valence electrons. The van der Waals surface area contributed by atoms with Crippen molar-refractivity contribution in [3.8, 4) is 11.3 Å². The second-order valence-corrected chi connectivity index (χ2v) is 5.46. The Hall–Kier alpha value is -2.23. The van der Waals surface area contributed by atoms with Gasteiger partial charge < -0.3 is 0 Å². The average Bonchev–Trinajstić information content (AvgIpc) is 2.57. The van der Waals surface area contributed by atoms with Crippen LogP contribution in [0.2, 0.25) is 0 Å². The highest BCUT2D eigenvalue weighted by Crippen LogP contribution is 2.24. The zero-order chi connectivity index (χ0) is 14.5. The highest BCUT2D eigenvalue weighted by Gasteiger charge is 2.21. The molecule has 1 N–H and O–H groups in total.